The van der Waals surface area contributed by atoms with Gasteiger partial charge in [-0.1, -0.05) is 6.08 Å². The second kappa shape index (κ2) is 4.44. The lowest BCUT2D eigenvalue weighted by Gasteiger charge is -2.32. The number of ether oxygens (including phenoxy) is 3. The van der Waals surface area contributed by atoms with Gasteiger partial charge in [0.2, 0.25) is 0 Å². The second-order valence-corrected chi connectivity index (χ2v) is 5.50. The number of aldehydes is 1. The third-order valence-corrected chi connectivity index (χ3v) is 4.84. The molecule has 3 aliphatic rings. The van der Waals surface area contributed by atoms with Crippen molar-refractivity contribution in [2.45, 2.75) is 44.2 Å². The van der Waals surface area contributed by atoms with E-state index in [0.29, 0.717) is 5.92 Å². The summed E-state index contributed by atoms with van der Waals surface area (Å²) in [6.07, 6.45) is 6.72. The van der Waals surface area contributed by atoms with Crippen molar-refractivity contribution in [3.05, 3.63) is 11.6 Å². The van der Waals surface area contributed by atoms with E-state index in [1.807, 2.05) is 0 Å². The predicted molar refractivity (Wildman–Crippen MR) is 65.0 cm³/mol. The van der Waals surface area contributed by atoms with Crippen molar-refractivity contribution in [2.75, 3.05) is 14.2 Å². The maximum Gasteiger partial charge on any atom is 0.174 e. The summed E-state index contributed by atoms with van der Waals surface area (Å²) in [5, 5.41) is 0. The molecule has 1 saturated carbocycles. The van der Waals surface area contributed by atoms with Crippen molar-refractivity contribution in [3.63, 3.8) is 0 Å². The molecular formula is C14H20O4. The van der Waals surface area contributed by atoms with Gasteiger partial charge in [-0.2, -0.15) is 0 Å². The van der Waals surface area contributed by atoms with Crippen molar-refractivity contribution in [1.29, 1.82) is 0 Å². The van der Waals surface area contributed by atoms with Gasteiger partial charge in [-0.15, -0.1) is 0 Å². The van der Waals surface area contributed by atoms with E-state index in [1.165, 1.54) is 0 Å². The molecule has 0 spiro atoms. The third kappa shape index (κ3) is 1.46. The monoisotopic (exact) mass is 252 g/mol. The smallest absolute Gasteiger partial charge is 0.174 e. The largest absolute Gasteiger partial charge is 0.381 e. The maximum absolute atomic E-state index is 11.7. The van der Waals surface area contributed by atoms with Crippen LogP contribution in [-0.2, 0) is 19.0 Å². The highest BCUT2D eigenvalue weighted by Gasteiger charge is 2.59. The zero-order valence-corrected chi connectivity index (χ0v) is 10.9. The Kier molecular flexibility index (Phi) is 3.04. The molecule has 0 unspecified atom stereocenters. The molecule has 1 aliphatic heterocycles. The molecule has 4 heteroatoms. The van der Waals surface area contributed by atoms with Crippen LogP contribution in [0.3, 0.4) is 0 Å². The Morgan fingerprint density at radius 3 is 2.89 bits per heavy atom. The van der Waals surface area contributed by atoms with Crippen LogP contribution in [0.4, 0.5) is 0 Å². The van der Waals surface area contributed by atoms with Crippen molar-refractivity contribution in [3.8, 4) is 0 Å². The maximum atomic E-state index is 11.7. The van der Waals surface area contributed by atoms with Crippen molar-refractivity contribution in [1.82, 2.24) is 0 Å². The summed E-state index contributed by atoms with van der Waals surface area (Å²) in [4.78, 5) is 11.7. The number of hydrogen-bond donors (Lipinski definition) is 0. The van der Waals surface area contributed by atoms with Gasteiger partial charge < -0.3 is 19.0 Å². The molecule has 0 N–H and O–H groups in total. The molecule has 2 aliphatic carbocycles. The van der Waals surface area contributed by atoms with E-state index in [-0.39, 0.29) is 12.2 Å². The minimum atomic E-state index is -0.578. The van der Waals surface area contributed by atoms with Gasteiger partial charge in [0.1, 0.15) is 11.7 Å². The summed E-state index contributed by atoms with van der Waals surface area (Å²) < 4.78 is 17.0. The van der Waals surface area contributed by atoms with E-state index >= 15 is 0 Å². The summed E-state index contributed by atoms with van der Waals surface area (Å²) >= 11 is 0. The van der Waals surface area contributed by atoms with E-state index in [0.717, 1.165) is 37.5 Å². The fourth-order valence-electron chi connectivity index (χ4n) is 3.93. The van der Waals surface area contributed by atoms with Gasteiger partial charge in [0.15, 0.2) is 6.29 Å². The number of allylic oxidation sites excluding steroid dienone is 1. The number of carbonyl (C=O) groups is 1. The van der Waals surface area contributed by atoms with E-state index in [2.05, 4.69) is 6.08 Å². The quantitative estimate of drug-likeness (QED) is 0.566. The molecule has 0 aromatic heterocycles. The molecule has 1 heterocycles. The van der Waals surface area contributed by atoms with E-state index < -0.39 is 11.7 Å². The standard InChI is InChI=1S/C14H20O4/c1-16-11-6-7-14(8-15)10-5-3-4-9(11)12(10)18-13(14)17-2/h5,8-9,11-13H,3-4,6-7H2,1-2H3/t9-,11+,12+,13+,14+/m1/s1. The topological polar surface area (TPSA) is 44.8 Å². The van der Waals surface area contributed by atoms with Crippen LogP contribution in [0.25, 0.3) is 0 Å². The van der Waals surface area contributed by atoms with Gasteiger partial charge >= 0.3 is 0 Å². The Morgan fingerprint density at radius 2 is 2.22 bits per heavy atom. The third-order valence-electron chi connectivity index (χ3n) is 4.84. The van der Waals surface area contributed by atoms with Crippen molar-refractivity contribution in [2.24, 2.45) is 11.3 Å². The molecule has 0 aromatic rings. The Hall–Kier alpha value is -0.710. The first-order valence-corrected chi connectivity index (χ1v) is 6.64. The van der Waals surface area contributed by atoms with Gasteiger partial charge in [-0.05, 0) is 31.3 Å². The summed E-state index contributed by atoms with van der Waals surface area (Å²) in [5.74, 6) is 0.358. The van der Waals surface area contributed by atoms with E-state index in [4.69, 9.17) is 14.2 Å². The van der Waals surface area contributed by atoms with Crippen LogP contribution < -0.4 is 0 Å². The van der Waals surface area contributed by atoms with Gasteiger partial charge in [-0.3, -0.25) is 0 Å². The molecule has 4 bridgehead atoms. The van der Waals surface area contributed by atoms with E-state index in [9.17, 15) is 4.79 Å². The molecule has 5 atom stereocenters. The highest BCUT2D eigenvalue weighted by molar-refractivity contribution is 5.68. The predicted octanol–water partition coefficient (Wildman–Crippen LogP) is 1.69. The fourth-order valence-corrected chi connectivity index (χ4v) is 3.93. The fraction of sp³-hybridized carbons (Fsp3) is 0.786. The summed E-state index contributed by atoms with van der Waals surface area (Å²) in [6, 6.07) is 0. The SMILES string of the molecule is CO[C@H]1O[C@@H]2C3=CCC[C@@H]2[C@@H](OC)CC[C@]31C=O. The van der Waals surface area contributed by atoms with Crippen LogP contribution in [-0.4, -0.2) is 39.0 Å². The molecular weight excluding hydrogens is 232 g/mol. The lowest BCUT2D eigenvalue weighted by molar-refractivity contribution is -0.183. The van der Waals surface area contributed by atoms with Crippen LogP contribution in [0.15, 0.2) is 11.6 Å². The molecule has 2 fully saturated rings. The van der Waals surface area contributed by atoms with Gasteiger partial charge in [0, 0.05) is 20.1 Å². The Balaban J connectivity index is 2.05. The Bertz CT molecular complexity index is 378. The minimum absolute atomic E-state index is 0.00125. The van der Waals surface area contributed by atoms with Gasteiger partial charge in [-0.25, -0.2) is 0 Å². The minimum Gasteiger partial charge on any atom is -0.381 e. The van der Waals surface area contributed by atoms with Gasteiger partial charge in [0.05, 0.1) is 12.2 Å². The normalized spacial score (nSPS) is 46.4. The second-order valence-electron chi connectivity index (χ2n) is 5.50. The summed E-state index contributed by atoms with van der Waals surface area (Å²) in [7, 11) is 3.37. The summed E-state index contributed by atoms with van der Waals surface area (Å²) in [5.41, 5.74) is 0.561. The zero-order chi connectivity index (χ0) is 12.8. The number of rotatable bonds is 3. The molecule has 0 radical (unpaired) electrons. The summed E-state index contributed by atoms with van der Waals surface area (Å²) in [6.45, 7) is 0. The van der Waals surface area contributed by atoms with Crippen molar-refractivity contribution >= 4 is 6.29 Å². The van der Waals surface area contributed by atoms with Crippen LogP contribution in [0, 0.1) is 11.3 Å². The molecule has 1 saturated heterocycles. The molecule has 4 nitrogen and oxygen atoms in total. The average Bonchev–Trinajstić information content (AvgIpc) is 2.70. The van der Waals surface area contributed by atoms with E-state index in [1.54, 1.807) is 14.2 Å². The molecule has 3 rings (SSSR count). The Labute approximate surface area is 107 Å². The molecule has 0 amide bonds. The first-order chi connectivity index (χ1) is 8.76. The average molecular weight is 252 g/mol. The molecule has 18 heavy (non-hydrogen) atoms. The van der Waals surface area contributed by atoms with Crippen LogP contribution in [0.5, 0.6) is 0 Å². The van der Waals surface area contributed by atoms with Crippen LogP contribution in [0.1, 0.15) is 25.7 Å². The number of methoxy groups -OCH3 is 2. The van der Waals surface area contributed by atoms with Crippen molar-refractivity contribution < 1.29 is 19.0 Å². The first kappa shape index (κ1) is 12.3. The highest BCUT2D eigenvalue weighted by Crippen LogP contribution is 2.54. The highest BCUT2D eigenvalue weighted by atomic mass is 16.7. The van der Waals surface area contributed by atoms with Gasteiger partial charge in [0.25, 0.3) is 0 Å². The lowest BCUT2D eigenvalue weighted by Crippen LogP contribution is -2.37. The molecule has 0 aromatic carbocycles. The van der Waals surface area contributed by atoms with Crippen LogP contribution in [0.2, 0.25) is 0 Å². The van der Waals surface area contributed by atoms with Crippen LogP contribution >= 0.6 is 0 Å². The Morgan fingerprint density at radius 1 is 1.39 bits per heavy atom. The number of carbonyl (C=O) groups excluding carboxylic acids is 1. The first-order valence-electron chi connectivity index (χ1n) is 6.64. The number of hydrogen-bond acceptors (Lipinski definition) is 4. The molecule has 100 valence electrons. The lowest BCUT2D eigenvalue weighted by atomic mass is 9.75. The zero-order valence-electron chi connectivity index (χ0n) is 10.9.